The van der Waals surface area contributed by atoms with E-state index in [1.165, 1.54) is 0 Å². The molecule has 0 amide bonds. The summed E-state index contributed by atoms with van der Waals surface area (Å²) in [6.07, 6.45) is 2.04. The molecule has 4 nitrogen and oxygen atoms in total. The summed E-state index contributed by atoms with van der Waals surface area (Å²) in [5, 5.41) is 9.03. The van der Waals surface area contributed by atoms with E-state index in [0.717, 1.165) is 18.9 Å². The van der Waals surface area contributed by atoms with Gasteiger partial charge in [0.1, 0.15) is 0 Å². The van der Waals surface area contributed by atoms with E-state index in [1.807, 2.05) is 0 Å². The number of aliphatic hydroxyl groups excluding tert-OH is 1. The number of rotatable bonds is 9. The highest BCUT2D eigenvalue weighted by Crippen LogP contribution is 1.94. The molecule has 0 aromatic heterocycles. The Bertz CT molecular complexity index is 184. The Labute approximate surface area is 94.8 Å². The van der Waals surface area contributed by atoms with Crippen molar-refractivity contribution < 1.29 is 19.4 Å². The van der Waals surface area contributed by atoms with Gasteiger partial charge < -0.3 is 14.6 Å². The van der Waals surface area contributed by atoms with Gasteiger partial charge in [-0.25, -0.2) is 4.79 Å². The van der Waals surface area contributed by atoms with Gasteiger partial charge in [-0.2, -0.15) is 0 Å². The van der Waals surface area contributed by atoms with Crippen LogP contribution in [0.3, 0.4) is 0 Å². The van der Waals surface area contributed by atoms with Crippen LogP contribution in [0.2, 0.25) is 0 Å². The van der Waals surface area contributed by atoms with E-state index < -0.39 is 12.1 Å². The summed E-state index contributed by atoms with van der Waals surface area (Å²) in [5.41, 5.74) is 0. The van der Waals surface area contributed by atoms with E-state index in [1.54, 1.807) is 0 Å². The molecule has 15 heavy (non-hydrogen) atoms. The van der Waals surface area contributed by atoms with Crippen LogP contribution >= 0.6 is 11.6 Å². The van der Waals surface area contributed by atoms with Gasteiger partial charge in [-0.3, -0.25) is 0 Å². The number of ether oxygens (including phenoxy) is 2. The average molecular weight is 237 g/mol. The van der Waals surface area contributed by atoms with Gasteiger partial charge in [-0.15, -0.1) is 11.6 Å². The zero-order valence-corrected chi connectivity index (χ0v) is 9.41. The second-order valence-corrected chi connectivity index (χ2v) is 3.27. The maximum absolute atomic E-state index is 10.6. The van der Waals surface area contributed by atoms with Crippen molar-refractivity contribution in [1.29, 1.82) is 0 Å². The molecule has 1 N–H and O–H groups in total. The van der Waals surface area contributed by atoms with Crippen LogP contribution in [0.1, 0.15) is 12.8 Å². The molecular weight excluding hydrogens is 220 g/mol. The first-order valence-electron chi connectivity index (χ1n) is 4.81. The van der Waals surface area contributed by atoms with Crippen LogP contribution in [0.5, 0.6) is 0 Å². The fourth-order valence-electron chi connectivity index (χ4n) is 0.802. The number of hydrogen-bond donors (Lipinski definition) is 1. The van der Waals surface area contributed by atoms with E-state index in [9.17, 15) is 4.79 Å². The predicted octanol–water partition coefficient (Wildman–Crippen LogP) is 1.11. The van der Waals surface area contributed by atoms with Crippen molar-refractivity contribution in [2.75, 3.05) is 25.7 Å². The Morgan fingerprint density at radius 1 is 1.47 bits per heavy atom. The molecule has 0 radical (unpaired) electrons. The maximum atomic E-state index is 10.6. The predicted molar refractivity (Wildman–Crippen MR) is 57.9 cm³/mol. The summed E-state index contributed by atoms with van der Waals surface area (Å²) in [7, 11) is 0. The number of aliphatic hydroxyl groups is 1. The van der Waals surface area contributed by atoms with E-state index >= 15 is 0 Å². The summed E-state index contributed by atoms with van der Waals surface area (Å²) in [6, 6.07) is 0. The first kappa shape index (κ1) is 14.4. The molecule has 0 aromatic carbocycles. The summed E-state index contributed by atoms with van der Waals surface area (Å²) >= 11 is 5.37. The van der Waals surface area contributed by atoms with Crippen molar-refractivity contribution in [1.82, 2.24) is 0 Å². The van der Waals surface area contributed by atoms with Gasteiger partial charge in [0.15, 0.2) is 0 Å². The number of carbonyl (C=O) groups is 1. The minimum Gasteiger partial charge on any atom is -0.463 e. The number of hydrogen-bond acceptors (Lipinski definition) is 4. The smallest absolute Gasteiger partial charge is 0.330 e. The van der Waals surface area contributed by atoms with Crippen LogP contribution in [0.15, 0.2) is 12.7 Å². The molecule has 0 aliphatic heterocycles. The Kier molecular flexibility index (Phi) is 9.57. The first-order valence-corrected chi connectivity index (χ1v) is 5.35. The molecule has 0 saturated carbocycles. The molecule has 0 aromatic rings. The molecular formula is C10H17ClO4. The zero-order valence-electron chi connectivity index (χ0n) is 8.65. The molecule has 1 atom stereocenters. The number of alkyl halides is 1. The summed E-state index contributed by atoms with van der Waals surface area (Å²) in [6.45, 7) is 4.42. The van der Waals surface area contributed by atoms with Gasteiger partial charge in [-0.05, 0) is 12.8 Å². The first-order chi connectivity index (χ1) is 7.20. The number of halogens is 1. The highest BCUT2D eigenvalue weighted by molar-refractivity contribution is 6.18. The monoisotopic (exact) mass is 236 g/mol. The summed E-state index contributed by atoms with van der Waals surface area (Å²) < 4.78 is 9.88. The molecule has 0 rings (SSSR count). The van der Waals surface area contributed by atoms with Gasteiger partial charge in [0.2, 0.25) is 0 Å². The number of unbranched alkanes of at least 4 members (excludes halogenated alkanes) is 1. The highest BCUT2D eigenvalue weighted by atomic mass is 35.5. The van der Waals surface area contributed by atoms with Crippen LogP contribution < -0.4 is 0 Å². The molecule has 0 spiro atoms. The van der Waals surface area contributed by atoms with Gasteiger partial charge in [0, 0.05) is 12.7 Å². The largest absolute Gasteiger partial charge is 0.463 e. The lowest BCUT2D eigenvalue weighted by Gasteiger charge is -2.07. The normalized spacial score (nSPS) is 12.1. The van der Waals surface area contributed by atoms with Gasteiger partial charge in [0.25, 0.3) is 0 Å². The topological polar surface area (TPSA) is 55.8 Å². The molecule has 0 aliphatic rings. The second kappa shape index (κ2) is 9.96. The lowest BCUT2D eigenvalue weighted by molar-refractivity contribution is -0.137. The van der Waals surface area contributed by atoms with E-state index in [2.05, 4.69) is 6.58 Å². The van der Waals surface area contributed by atoms with E-state index in [4.69, 9.17) is 26.2 Å². The van der Waals surface area contributed by atoms with Crippen LogP contribution in [0, 0.1) is 0 Å². The standard InChI is InChI=1S/C10H17ClO4/c1-2-10(13)15-6-4-3-5-14-8-9(12)7-11/h2,9,12H,1,3-8H2. The van der Waals surface area contributed by atoms with E-state index in [0.29, 0.717) is 13.2 Å². The highest BCUT2D eigenvalue weighted by Gasteiger charge is 2.01. The molecule has 5 heteroatoms. The number of esters is 1. The molecule has 0 bridgehead atoms. The summed E-state index contributed by atoms with van der Waals surface area (Å²) in [5.74, 6) is -0.231. The SMILES string of the molecule is C=CC(=O)OCCCCOCC(O)CCl. The quantitative estimate of drug-likeness (QED) is 0.282. The third-order valence-electron chi connectivity index (χ3n) is 1.58. The second-order valence-electron chi connectivity index (χ2n) is 2.96. The van der Waals surface area contributed by atoms with Gasteiger partial charge in [-0.1, -0.05) is 6.58 Å². The lowest BCUT2D eigenvalue weighted by atomic mass is 10.3. The molecule has 0 fully saturated rings. The Morgan fingerprint density at radius 3 is 2.73 bits per heavy atom. The average Bonchev–Trinajstić information content (AvgIpc) is 2.26. The van der Waals surface area contributed by atoms with Crippen LogP contribution in [-0.4, -0.2) is 42.9 Å². The molecule has 0 aliphatic carbocycles. The van der Waals surface area contributed by atoms with Crippen LogP contribution in [0.4, 0.5) is 0 Å². The lowest BCUT2D eigenvalue weighted by Crippen LogP contribution is -2.17. The molecule has 88 valence electrons. The fourth-order valence-corrected chi connectivity index (χ4v) is 0.891. The fraction of sp³-hybridized carbons (Fsp3) is 0.700. The van der Waals surface area contributed by atoms with E-state index in [-0.39, 0.29) is 12.5 Å². The number of carbonyl (C=O) groups excluding carboxylic acids is 1. The van der Waals surface area contributed by atoms with Crippen molar-refractivity contribution in [2.45, 2.75) is 18.9 Å². The molecule has 1 unspecified atom stereocenters. The van der Waals surface area contributed by atoms with Crippen molar-refractivity contribution in [3.05, 3.63) is 12.7 Å². The Hall–Kier alpha value is -0.580. The third-order valence-corrected chi connectivity index (χ3v) is 1.94. The Balaban J connectivity index is 3.11. The minimum atomic E-state index is -0.606. The molecule has 0 saturated heterocycles. The Morgan fingerprint density at radius 2 is 2.13 bits per heavy atom. The maximum Gasteiger partial charge on any atom is 0.330 e. The van der Waals surface area contributed by atoms with Crippen LogP contribution in [-0.2, 0) is 14.3 Å². The van der Waals surface area contributed by atoms with Crippen molar-refractivity contribution in [3.8, 4) is 0 Å². The molecule has 0 heterocycles. The van der Waals surface area contributed by atoms with Crippen molar-refractivity contribution >= 4 is 17.6 Å². The minimum absolute atomic E-state index is 0.178. The van der Waals surface area contributed by atoms with Crippen LogP contribution in [0.25, 0.3) is 0 Å². The van der Waals surface area contributed by atoms with Crippen molar-refractivity contribution in [3.63, 3.8) is 0 Å². The van der Waals surface area contributed by atoms with Crippen molar-refractivity contribution in [2.24, 2.45) is 0 Å². The van der Waals surface area contributed by atoms with Gasteiger partial charge in [0.05, 0.1) is 25.2 Å². The third kappa shape index (κ3) is 9.72. The van der Waals surface area contributed by atoms with Gasteiger partial charge >= 0.3 is 5.97 Å². The zero-order chi connectivity index (χ0) is 11.5. The summed E-state index contributed by atoms with van der Waals surface area (Å²) in [4.78, 5) is 10.6.